The molecule has 1 aromatic heterocycles. The number of benzene rings is 2. The summed E-state index contributed by atoms with van der Waals surface area (Å²) in [5.41, 5.74) is 2.21. The van der Waals surface area contributed by atoms with Crippen LogP contribution in [0, 0.1) is 0 Å². The van der Waals surface area contributed by atoms with Gasteiger partial charge >= 0.3 is 6.09 Å². The average Bonchev–Trinajstić information content (AvgIpc) is 3.17. The predicted molar refractivity (Wildman–Crippen MR) is 104 cm³/mol. The third kappa shape index (κ3) is 3.43. The molecule has 0 atom stereocenters. The molecule has 2 aromatic carbocycles. The van der Waals surface area contributed by atoms with Gasteiger partial charge in [-0.2, -0.15) is 0 Å². The van der Waals surface area contributed by atoms with Crippen LogP contribution >= 0.6 is 0 Å². The number of rotatable bonds is 3. The Bertz CT molecular complexity index is 991. The topological polar surface area (TPSA) is 75.9 Å². The first-order chi connectivity index (χ1) is 13.7. The number of piperazine rings is 1. The Hall–Kier alpha value is -3.35. The Morgan fingerprint density at radius 3 is 2.46 bits per heavy atom. The quantitative estimate of drug-likeness (QED) is 0.697. The lowest BCUT2D eigenvalue weighted by Gasteiger charge is -2.34. The molecule has 3 aromatic rings. The number of fused-ring (bicyclic) bond motifs is 1. The van der Waals surface area contributed by atoms with Gasteiger partial charge in [-0.3, -0.25) is 4.79 Å². The number of hydrogen-bond donors (Lipinski definition) is 0. The van der Waals surface area contributed by atoms with Gasteiger partial charge in [-0.25, -0.2) is 4.79 Å². The Morgan fingerprint density at radius 2 is 1.75 bits per heavy atom. The minimum Gasteiger partial charge on any atom is -0.450 e. The van der Waals surface area contributed by atoms with Crippen LogP contribution in [0.2, 0.25) is 0 Å². The summed E-state index contributed by atoms with van der Waals surface area (Å²) in [4.78, 5) is 28.2. The summed E-state index contributed by atoms with van der Waals surface area (Å²) in [7, 11) is 0. The smallest absolute Gasteiger partial charge is 0.409 e. The van der Waals surface area contributed by atoms with Crippen molar-refractivity contribution in [3.63, 3.8) is 0 Å². The number of aromatic nitrogens is 1. The molecule has 1 fully saturated rings. The van der Waals surface area contributed by atoms with Gasteiger partial charge in [0, 0.05) is 37.3 Å². The Labute approximate surface area is 162 Å². The molecule has 0 bridgehead atoms. The summed E-state index contributed by atoms with van der Waals surface area (Å²) in [6.45, 7) is 4.02. The van der Waals surface area contributed by atoms with Crippen molar-refractivity contribution in [1.82, 2.24) is 15.0 Å². The Balaban J connectivity index is 1.53. The molecule has 144 valence electrons. The molecule has 7 heteroatoms. The molecule has 1 saturated heterocycles. The van der Waals surface area contributed by atoms with E-state index in [2.05, 4.69) is 5.16 Å². The predicted octanol–water partition coefficient (Wildman–Crippen LogP) is 3.41. The van der Waals surface area contributed by atoms with E-state index in [1.807, 2.05) is 36.4 Å². The fourth-order valence-electron chi connectivity index (χ4n) is 3.36. The van der Waals surface area contributed by atoms with Crippen LogP contribution in [0.15, 0.2) is 53.1 Å². The van der Waals surface area contributed by atoms with Crippen LogP contribution < -0.4 is 0 Å². The third-order valence-corrected chi connectivity index (χ3v) is 4.85. The van der Waals surface area contributed by atoms with E-state index in [9.17, 15) is 9.59 Å². The van der Waals surface area contributed by atoms with Crippen LogP contribution in [0.5, 0.6) is 0 Å². The zero-order valence-corrected chi connectivity index (χ0v) is 15.6. The van der Waals surface area contributed by atoms with E-state index < -0.39 is 0 Å². The fourth-order valence-corrected chi connectivity index (χ4v) is 3.36. The summed E-state index contributed by atoms with van der Waals surface area (Å²) >= 11 is 0. The first kappa shape index (κ1) is 18.0. The molecule has 1 aliphatic heterocycles. The number of carbonyl (C=O) groups is 2. The maximum absolute atomic E-state index is 13.0. The molecule has 0 radical (unpaired) electrons. The minimum absolute atomic E-state index is 0.0642. The molecule has 1 aliphatic rings. The van der Waals surface area contributed by atoms with Gasteiger partial charge in [-0.1, -0.05) is 35.5 Å². The van der Waals surface area contributed by atoms with Gasteiger partial charge in [-0.15, -0.1) is 0 Å². The SMILES string of the molecule is CCOC(=O)N1CCN(C(=O)c2ccc3noc(-c4ccccc4)c3c2)CC1. The summed E-state index contributed by atoms with van der Waals surface area (Å²) < 4.78 is 10.5. The molecular weight excluding hydrogens is 358 g/mol. The van der Waals surface area contributed by atoms with Gasteiger partial charge in [0.1, 0.15) is 5.52 Å². The highest BCUT2D eigenvalue weighted by Crippen LogP contribution is 2.29. The van der Waals surface area contributed by atoms with E-state index in [0.717, 1.165) is 10.9 Å². The van der Waals surface area contributed by atoms with Crippen LogP contribution in [0.25, 0.3) is 22.2 Å². The highest BCUT2D eigenvalue weighted by atomic mass is 16.6. The normalized spacial score (nSPS) is 14.3. The zero-order chi connectivity index (χ0) is 19.5. The highest BCUT2D eigenvalue weighted by molar-refractivity contribution is 6.01. The minimum atomic E-state index is -0.326. The molecule has 0 saturated carbocycles. The van der Waals surface area contributed by atoms with Gasteiger partial charge in [0.05, 0.1) is 12.0 Å². The molecule has 0 unspecified atom stereocenters. The van der Waals surface area contributed by atoms with E-state index in [4.69, 9.17) is 9.26 Å². The summed E-state index contributed by atoms with van der Waals surface area (Å²) in [6, 6.07) is 15.1. The standard InChI is InChI=1S/C21H21N3O4/c1-2-27-21(26)24-12-10-23(11-13-24)20(25)16-8-9-18-17(14-16)19(28-22-18)15-6-4-3-5-7-15/h3-9,14H,2,10-13H2,1H3. The van der Waals surface area contributed by atoms with Crippen molar-refractivity contribution in [2.45, 2.75) is 6.92 Å². The van der Waals surface area contributed by atoms with E-state index in [1.54, 1.807) is 28.9 Å². The first-order valence-corrected chi connectivity index (χ1v) is 9.33. The van der Waals surface area contributed by atoms with E-state index in [1.165, 1.54) is 0 Å². The molecule has 4 rings (SSSR count). The molecule has 2 heterocycles. The van der Waals surface area contributed by atoms with E-state index in [0.29, 0.717) is 49.6 Å². The summed E-state index contributed by atoms with van der Waals surface area (Å²) in [5.74, 6) is 0.586. The van der Waals surface area contributed by atoms with Crippen molar-refractivity contribution >= 4 is 22.9 Å². The molecular formula is C21H21N3O4. The number of ether oxygens (including phenoxy) is 1. The maximum atomic E-state index is 13.0. The van der Waals surface area contributed by atoms with E-state index >= 15 is 0 Å². The van der Waals surface area contributed by atoms with Gasteiger partial charge in [0.2, 0.25) is 0 Å². The van der Waals surface area contributed by atoms with Crippen molar-refractivity contribution in [3.05, 3.63) is 54.1 Å². The molecule has 0 aliphatic carbocycles. The maximum Gasteiger partial charge on any atom is 0.409 e. The van der Waals surface area contributed by atoms with Crippen LogP contribution in [0.1, 0.15) is 17.3 Å². The van der Waals surface area contributed by atoms with Crippen LogP contribution in [0.4, 0.5) is 4.79 Å². The van der Waals surface area contributed by atoms with E-state index in [-0.39, 0.29) is 12.0 Å². The zero-order valence-electron chi connectivity index (χ0n) is 15.6. The van der Waals surface area contributed by atoms with Crippen LogP contribution in [-0.4, -0.2) is 59.7 Å². The lowest BCUT2D eigenvalue weighted by molar-refractivity contribution is 0.0570. The second kappa shape index (κ2) is 7.72. The van der Waals surface area contributed by atoms with Crippen LogP contribution in [-0.2, 0) is 4.74 Å². The highest BCUT2D eigenvalue weighted by Gasteiger charge is 2.26. The van der Waals surface area contributed by atoms with Crippen molar-refractivity contribution in [2.75, 3.05) is 32.8 Å². The van der Waals surface area contributed by atoms with Crippen molar-refractivity contribution in [3.8, 4) is 11.3 Å². The first-order valence-electron chi connectivity index (χ1n) is 9.33. The lowest BCUT2D eigenvalue weighted by Crippen LogP contribution is -2.50. The van der Waals surface area contributed by atoms with Crippen molar-refractivity contribution < 1.29 is 18.8 Å². The lowest BCUT2D eigenvalue weighted by atomic mass is 10.1. The Kier molecular flexibility index (Phi) is 4.97. The number of amides is 2. The van der Waals surface area contributed by atoms with Crippen LogP contribution in [0.3, 0.4) is 0 Å². The van der Waals surface area contributed by atoms with Gasteiger partial charge in [0.25, 0.3) is 5.91 Å². The molecule has 2 amide bonds. The fraction of sp³-hybridized carbons (Fsp3) is 0.286. The molecule has 7 nitrogen and oxygen atoms in total. The second-order valence-corrected chi connectivity index (χ2v) is 6.59. The summed E-state index contributed by atoms with van der Waals surface area (Å²) in [5, 5.41) is 4.90. The molecule has 0 spiro atoms. The number of hydrogen-bond acceptors (Lipinski definition) is 5. The van der Waals surface area contributed by atoms with Gasteiger partial charge in [-0.05, 0) is 25.1 Å². The third-order valence-electron chi connectivity index (χ3n) is 4.85. The summed E-state index contributed by atoms with van der Waals surface area (Å²) in [6.07, 6.45) is -0.326. The van der Waals surface area contributed by atoms with Gasteiger partial charge < -0.3 is 19.1 Å². The van der Waals surface area contributed by atoms with Crippen molar-refractivity contribution in [2.24, 2.45) is 0 Å². The second-order valence-electron chi connectivity index (χ2n) is 6.59. The monoisotopic (exact) mass is 379 g/mol. The molecule has 28 heavy (non-hydrogen) atoms. The largest absolute Gasteiger partial charge is 0.450 e. The average molecular weight is 379 g/mol. The van der Waals surface area contributed by atoms with Gasteiger partial charge in [0.15, 0.2) is 5.76 Å². The Morgan fingerprint density at radius 1 is 1.04 bits per heavy atom. The van der Waals surface area contributed by atoms with Crippen molar-refractivity contribution in [1.29, 1.82) is 0 Å². The molecule has 0 N–H and O–H groups in total. The number of carbonyl (C=O) groups excluding carboxylic acids is 2. The number of nitrogens with zero attached hydrogens (tertiary/aromatic N) is 3.